The van der Waals surface area contributed by atoms with E-state index in [1.807, 2.05) is 24.3 Å². The van der Waals surface area contributed by atoms with Gasteiger partial charge in [-0.3, -0.25) is 0 Å². The van der Waals surface area contributed by atoms with Crippen molar-refractivity contribution in [2.24, 2.45) is 11.8 Å². The van der Waals surface area contributed by atoms with Gasteiger partial charge in [-0.15, -0.1) is 0 Å². The van der Waals surface area contributed by atoms with E-state index >= 15 is 0 Å². The van der Waals surface area contributed by atoms with Crippen LogP contribution in [0.4, 0.5) is 0 Å². The molecule has 0 heterocycles. The average Bonchev–Trinajstić information content (AvgIpc) is 2.43. The van der Waals surface area contributed by atoms with Crippen molar-refractivity contribution >= 4 is 15.9 Å². The number of ether oxygens (including phenoxy) is 2. The molecule has 1 saturated carbocycles. The Morgan fingerprint density at radius 1 is 1.21 bits per heavy atom. The van der Waals surface area contributed by atoms with Gasteiger partial charge in [0.05, 0.1) is 13.7 Å². The van der Waals surface area contributed by atoms with Gasteiger partial charge in [0.1, 0.15) is 0 Å². The molecule has 106 valence electrons. The van der Waals surface area contributed by atoms with Crippen LogP contribution in [0.25, 0.3) is 0 Å². The molecule has 2 rings (SSSR count). The molecular weight excluding hydrogens is 304 g/mol. The normalized spacial score (nSPS) is 27.0. The van der Waals surface area contributed by atoms with Crippen molar-refractivity contribution in [2.75, 3.05) is 13.7 Å². The van der Waals surface area contributed by atoms with Crippen LogP contribution in [0.1, 0.15) is 32.6 Å². The summed E-state index contributed by atoms with van der Waals surface area (Å²) < 4.78 is 11.2. The largest absolute Gasteiger partial charge is 0.493 e. The molecule has 3 unspecified atom stereocenters. The predicted molar refractivity (Wildman–Crippen MR) is 82.3 cm³/mol. The number of hydrogen-bond donors (Lipinski definition) is 0. The Morgan fingerprint density at radius 2 is 1.95 bits per heavy atom. The molecule has 1 fully saturated rings. The van der Waals surface area contributed by atoms with Gasteiger partial charge in [-0.05, 0) is 49.7 Å². The molecule has 0 spiro atoms. The third kappa shape index (κ3) is 4.13. The van der Waals surface area contributed by atoms with E-state index in [4.69, 9.17) is 9.47 Å². The molecule has 3 atom stereocenters. The monoisotopic (exact) mass is 326 g/mol. The SMILES string of the molecule is COc1ccccc1OCCC1CC(C)CCC1Br. The minimum Gasteiger partial charge on any atom is -0.493 e. The van der Waals surface area contributed by atoms with Crippen LogP contribution in [0.5, 0.6) is 11.5 Å². The van der Waals surface area contributed by atoms with E-state index < -0.39 is 0 Å². The third-order valence-electron chi connectivity index (χ3n) is 3.97. The van der Waals surface area contributed by atoms with Crippen molar-refractivity contribution in [2.45, 2.75) is 37.4 Å². The quantitative estimate of drug-likeness (QED) is 0.732. The molecular formula is C16H23BrO2. The van der Waals surface area contributed by atoms with Crippen molar-refractivity contribution in [1.82, 2.24) is 0 Å². The fraction of sp³-hybridized carbons (Fsp3) is 0.625. The summed E-state index contributed by atoms with van der Waals surface area (Å²) in [6.45, 7) is 3.12. The summed E-state index contributed by atoms with van der Waals surface area (Å²) in [4.78, 5) is 0.657. The molecule has 1 aliphatic rings. The van der Waals surface area contributed by atoms with Gasteiger partial charge in [-0.25, -0.2) is 0 Å². The van der Waals surface area contributed by atoms with Crippen molar-refractivity contribution in [3.63, 3.8) is 0 Å². The first kappa shape index (κ1) is 14.7. The van der Waals surface area contributed by atoms with Gasteiger partial charge in [-0.1, -0.05) is 35.0 Å². The first-order valence-corrected chi connectivity index (χ1v) is 8.02. The maximum absolute atomic E-state index is 5.87. The minimum atomic E-state index is 0.657. The lowest BCUT2D eigenvalue weighted by atomic mass is 9.81. The first-order valence-electron chi connectivity index (χ1n) is 7.10. The van der Waals surface area contributed by atoms with E-state index in [2.05, 4.69) is 22.9 Å². The fourth-order valence-corrected chi connectivity index (χ4v) is 3.56. The number of hydrogen-bond acceptors (Lipinski definition) is 2. The number of rotatable bonds is 5. The molecule has 0 saturated heterocycles. The van der Waals surface area contributed by atoms with Gasteiger partial charge in [0, 0.05) is 4.83 Å². The van der Waals surface area contributed by atoms with E-state index in [0.717, 1.165) is 36.4 Å². The number of para-hydroxylation sites is 2. The highest BCUT2D eigenvalue weighted by Gasteiger charge is 2.26. The van der Waals surface area contributed by atoms with Crippen molar-refractivity contribution < 1.29 is 9.47 Å². The summed E-state index contributed by atoms with van der Waals surface area (Å²) in [5.41, 5.74) is 0. The van der Waals surface area contributed by atoms with Crippen LogP contribution >= 0.6 is 15.9 Å². The molecule has 1 aliphatic carbocycles. The van der Waals surface area contributed by atoms with Gasteiger partial charge in [0.25, 0.3) is 0 Å². The van der Waals surface area contributed by atoms with E-state index in [1.165, 1.54) is 19.3 Å². The van der Waals surface area contributed by atoms with Crippen molar-refractivity contribution in [3.8, 4) is 11.5 Å². The predicted octanol–water partition coefficient (Wildman–Crippen LogP) is 4.66. The minimum absolute atomic E-state index is 0.657. The fourth-order valence-electron chi connectivity index (χ4n) is 2.82. The average molecular weight is 327 g/mol. The Balaban J connectivity index is 1.82. The summed E-state index contributed by atoms with van der Waals surface area (Å²) in [6.07, 6.45) is 5.06. The Hall–Kier alpha value is -0.700. The van der Waals surface area contributed by atoms with Crippen LogP contribution in [0, 0.1) is 11.8 Å². The third-order valence-corrected chi connectivity index (χ3v) is 5.17. The molecule has 0 radical (unpaired) electrons. The van der Waals surface area contributed by atoms with Crippen LogP contribution in [-0.4, -0.2) is 18.5 Å². The number of alkyl halides is 1. The highest BCUT2D eigenvalue weighted by molar-refractivity contribution is 9.09. The number of halogens is 1. The molecule has 2 nitrogen and oxygen atoms in total. The summed E-state index contributed by atoms with van der Waals surface area (Å²) in [6, 6.07) is 7.84. The van der Waals surface area contributed by atoms with Crippen LogP contribution in [0.2, 0.25) is 0 Å². The van der Waals surface area contributed by atoms with Crippen molar-refractivity contribution in [3.05, 3.63) is 24.3 Å². The lowest BCUT2D eigenvalue weighted by Crippen LogP contribution is -2.25. The van der Waals surface area contributed by atoms with Crippen LogP contribution in [0.15, 0.2) is 24.3 Å². The molecule has 0 aromatic heterocycles. The molecule has 3 heteroatoms. The van der Waals surface area contributed by atoms with Crippen LogP contribution < -0.4 is 9.47 Å². The van der Waals surface area contributed by atoms with E-state index in [9.17, 15) is 0 Å². The zero-order chi connectivity index (χ0) is 13.7. The highest BCUT2D eigenvalue weighted by atomic mass is 79.9. The standard InChI is InChI=1S/C16H23BrO2/c1-12-7-8-14(17)13(11-12)9-10-19-16-6-4-3-5-15(16)18-2/h3-6,12-14H,7-11H2,1-2H3. The number of benzene rings is 1. The Morgan fingerprint density at radius 3 is 2.68 bits per heavy atom. The van der Waals surface area contributed by atoms with Gasteiger partial charge in [0.2, 0.25) is 0 Å². The molecule has 0 N–H and O–H groups in total. The summed E-state index contributed by atoms with van der Waals surface area (Å²) in [5, 5.41) is 0. The van der Waals surface area contributed by atoms with Gasteiger partial charge in [-0.2, -0.15) is 0 Å². The zero-order valence-corrected chi connectivity index (χ0v) is 13.4. The molecule has 0 aliphatic heterocycles. The second kappa shape index (κ2) is 7.18. The Labute approximate surface area is 124 Å². The van der Waals surface area contributed by atoms with E-state index in [0.29, 0.717) is 4.83 Å². The zero-order valence-electron chi connectivity index (χ0n) is 11.8. The maximum Gasteiger partial charge on any atom is 0.161 e. The topological polar surface area (TPSA) is 18.5 Å². The Bertz CT molecular complexity index is 394. The van der Waals surface area contributed by atoms with Crippen LogP contribution in [-0.2, 0) is 0 Å². The molecule has 0 bridgehead atoms. The summed E-state index contributed by atoms with van der Waals surface area (Å²) in [7, 11) is 1.68. The molecule has 19 heavy (non-hydrogen) atoms. The van der Waals surface area contributed by atoms with Gasteiger partial charge in [0.15, 0.2) is 11.5 Å². The van der Waals surface area contributed by atoms with E-state index in [1.54, 1.807) is 7.11 Å². The van der Waals surface area contributed by atoms with Crippen molar-refractivity contribution in [1.29, 1.82) is 0 Å². The van der Waals surface area contributed by atoms with Gasteiger partial charge < -0.3 is 9.47 Å². The molecule has 1 aromatic carbocycles. The smallest absolute Gasteiger partial charge is 0.161 e. The number of methoxy groups -OCH3 is 1. The lowest BCUT2D eigenvalue weighted by molar-refractivity contribution is 0.221. The van der Waals surface area contributed by atoms with Gasteiger partial charge >= 0.3 is 0 Å². The maximum atomic E-state index is 5.87. The molecule has 0 amide bonds. The Kier molecular flexibility index (Phi) is 5.56. The first-order chi connectivity index (χ1) is 9.20. The van der Waals surface area contributed by atoms with Crippen LogP contribution in [0.3, 0.4) is 0 Å². The highest BCUT2D eigenvalue weighted by Crippen LogP contribution is 2.35. The second-order valence-corrected chi connectivity index (χ2v) is 6.66. The second-order valence-electron chi connectivity index (χ2n) is 5.48. The lowest BCUT2D eigenvalue weighted by Gasteiger charge is -2.31. The summed E-state index contributed by atoms with van der Waals surface area (Å²) >= 11 is 3.82. The molecule has 1 aromatic rings. The summed E-state index contributed by atoms with van der Waals surface area (Å²) in [5.74, 6) is 3.25. The van der Waals surface area contributed by atoms with E-state index in [-0.39, 0.29) is 0 Å².